The third-order valence-corrected chi connectivity index (χ3v) is 3.05. The molecule has 0 spiro atoms. The first-order valence-electron chi connectivity index (χ1n) is 6.07. The van der Waals surface area contributed by atoms with Gasteiger partial charge in [-0.1, -0.05) is 38.1 Å². The maximum absolute atomic E-state index is 12.2. The zero-order valence-corrected chi connectivity index (χ0v) is 10.8. The van der Waals surface area contributed by atoms with Gasteiger partial charge in [0.15, 0.2) is 5.78 Å². The number of carbonyl (C=O) groups is 2. The maximum Gasteiger partial charge on any atom is 0.454 e. The van der Waals surface area contributed by atoms with Gasteiger partial charge < -0.3 is 0 Å². The zero-order valence-electron chi connectivity index (χ0n) is 10.8. The molecule has 1 aromatic rings. The summed E-state index contributed by atoms with van der Waals surface area (Å²) in [5.74, 6) is -2.13. The lowest BCUT2D eigenvalue weighted by molar-refractivity contribution is -0.0885. The Kier molecular flexibility index (Phi) is 4.86. The SMILES string of the molecule is CCC(CC)C(=O)c1ccc(C(=O)C(F)(F)F)cc1. The lowest BCUT2D eigenvalue weighted by atomic mass is 9.92. The van der Waals surface area contributed by atoms with Crippen LogP contribution in [0.5, 0.6) is 0 Å². The number of halogens is 3. The minimum atomic E-state index is -4.89. The highest BCUT2D eigenvalue weighted by atomic mass is 19.4. The Balaban J connectivity index is 2.94. The number of Topliss-reactive ketones (excluding diaryl/α,β-unsaturated/α-hetero) is 2. The Hall–Kier alpha value is -1.65. The summed E-state index contributed by atoms with van der Waals surface area (Å²) < 4.78 is 36.6. The van der Waals surface area contributed by atoms with Crippen LogP contribution in [0.15, 0.2) is 24.3 Å². The molecule has 1 rings (SSSR count). The summed E-state index contributed by atoms with van der Waals surface area (Å²) in [6.45, 7) is 3.77. The second-order valence-electron chi connectivity index (χ2n) is 4.28. The summed E-state index contributed by atoms with van der Waals surface area (Å²) in [6.07, 6.45) is -3.53. The van der Waals surface area contributed by atoms with Gasteiger partial charge in [-0.05, 0) is 12.8 Å². The highest BCUT2D eigenvalue weighted by Gasteiger charge is 2.39. The van der Waals surface area contributed by atoms with Gasteiger partial charge in [0.1, 0.15) is 0 Å². The molecule has 0 N–H and O–H groups in total. The molecule has 0 aliphatic rings. The maximum atomic E-state index is 12.2. The Bertz CT molecular complexity index is 457. The molecule has 104 valence electrons. The van der Waals surface area contributed by atoms with Crippen LogP contribution >= 0.6 is 0 Å². The van der Waals surface area contributed by atoms with E-state index in [1.165, 1.54) is 12.1 Å². The Morgan fingerprint density at radius 3 is 1.79 bits per heavy atom. The molecule has 0 aromatic heterocycles. The van der Waals surface area contributed by atoms with Crippen molar-refractivity contribution in [2.45, 2.75) is 32.9 Å². The van der Waals surface area contributed by atoms with Crippen LogP contribution in [0.4, 0.5) is 13.2 Å². The number of hydrogen-bond donors (Lipinski definition) is 0. The molecule has 0 fully saturated rings. The lowest BCUT2D eigenvalue weighted by Crippen LogP contribution is -2.22. The van der Waals surface area contributed by atoms with Crippen LogP contribution in [0.3, 0.4) is 0 Å². The number of rotatable bonds is 5. The first kappa shape index (κ1) is 15.4. The molecule has 0 atom stereocenters. The average Bonchev–Trinajstić information content (AvgIpc) is 2.38. The van der Waals surface area contributed by atoms with E-state index in [2.05, 4.69) is 0 Å². The van der Waals surface area contributed by atoms with Gasteiger partial charge in [-0.3, -0.25) is 9.59 Å². The highest BCUT2D eigenvalue weighted by Crippen LogP contribution is 2.22. The number of alkyl halides is 3. The molecule has 0 aliphatic heterocycles. The summed E-state index contributed by atoms with van der Waals surface area (Å²) >= 11 is 0. The normalized spacial score (nSPS) is 11.7. The van der Waals surface area contributed by atoms with E-state index in [0.29, 0.717) is 18.4 Å². The molecule has 0 bridgehead atoms. The second kappa shape index (κ2) is 5.99. The summed E-state index contributed by atoms with van der Waals surface area (Å²) in [7, 11) is 0. The van der Waals surface area contributed by atoms with Gasteiger partial charge >= 0.3 is 6.18 Å². The van der Waals surface area contributed by atoms with Crippen molar-refractivity contribution in [3.05, 3.63) is 35.4 Å². The van der Waals surface area contributed by atoms with Crippen LogP contribution in [0.25, 0.3) is 0 Å². The molecular weight excluding hydrogens is 257 g/mol. The van der Waals surface area contributed by atoms with Crippen LogP contribution in [-0.2, 0) is 0 Å². The summed E-state index contributed by atoms with van der Waals surface area (Å²) in [5.41, 5.74) is -0.110. The molecule has 0 unspecified atom stereocenters. The van der Waals surface area contributed by atoms with Crippen molar-refractivity contribution in [3.63, 3.8) is 0 Å². The first-order chi connectivity index (χ1) is 8.81. The molecule has 0 radical (unpaired) electrons. The van der Waals surface area contributed by atoms with Crippen molar-refractivity contribution in [1.82, 2.24) is 0 Å². The van der Waals surface area contributed by atoms with Gasteiger partial charge in [0.2, 0.25) is 0 Å². The topological polar surface area (TPSA) is 34.1 Å². The molecule has 0 amide bonds. The largest absolute Gasteiger partial charge is 0.454 e. The number of ketones is 2. The zero-order chi connectivity index (χ0) is 14.6. The van der Waals surface area contributed by atoms with Gasteiger partial charge in [-0.25, -0.2) is 0 Å². The van der Waals surface area contributed by atoms with Gasteiger partial charge in [0.25, 0.3) is 5.78 Å². The minimum absolute atomic E-state index is 0.101. The van der Waals surface area contributed by atoms with E-state index in [9.17, 15) is 22.8 Å². The predicted octanol–water partition coefficient (Wildman–Crippen LogP) is 4.05. The molecular formula is C14H15F3O2. The van der Waals surface area contributed by atoms with Crippen LogP contribution < -0.4 is 0 Å². The van der Waals surface area contributed by atoms with E-state index in [0.717, 1.165) is 12.1 Å². The van der Waals surface area contributed by atoms with Crippen molar-refractivity contribution in [2.75, 3.05) is 0 Å². The van der Waals surface area contributed by atoms with Crippen molar-refractivity contribution in [1.29, 1.82) is 0 Å². The van der Waals surface area contributed by atoms with Crippen molar-refractivity contribution in [2.24, 2.45) is 5.92 Å². The molecule has 19 heavy (non-hydrogen) atoms. The van der Waals surface area contributed by atoms with Gasteiger partial charge in [-0.15, -0.1) is 0 Å². The molecule has 0 heterocycles. The van der Waals surface area contributed by atoms with E-state index in [4.69, 9.17) is 0 Å². The Labute approximate surface area is 109 Å². The van der Waals surface area contributed by atoms with E-state index in [1.54, 1.807) is 0 Å². The molecule has 0 saturated heterocycles. The minimum Gasteiger partial charge on any atom is -0.294 e. The Morgan fingerprint density at radius 2 is 1.42 bits per heavy atom. The van der Waals surface area contributed by atoms with Crippen molar-refractivity contribution < 1.29 is 22.8 Å². The summed E-state index contributed by atoms with van der Waals surface area (Å²) in [4.78, 5) is 23.0. The van der Waals surface area contributed by atoms with Crippen LogP contribution in [0.1, 0.15) is 47.4 Å². The smallest absolute Gasteiger partial charge is 0.294 e. The van der Waals surface area contributed by atoms with Gasteiger partial charge in [0.05, 0.1) is 0 Å². The Morgan fingerprint density at radius 1 is 1.00 bits per heavy atom. The van der Waals surface area contributed by atoms with E-state index in [1.807, 2.05) is 13.8 Å². The van der Waals surface area contributed by atoms with Crippen molar-refractivity contribution >= 4 is 11.6 Å². The third-order valence-electron chi connectivity index (χ3n) is 3.05. The monoisotopic (exact) mass is 272 g/mol. The van der Waals surface area contributed by atoms with Gasteiger partial charge in [-0.2, -0.15) is 13.2 Å². The fraction of sp³-hybridized carbons (Fsp3) is 0.429. The third kappa shape index (κ3) is 3.66. The van der Waals surface area contributed by atoms with Crippen molar-refractivity contribution in [3.8, 4) is 0 Å². The molecule has 5 heteroatoms. The number of benzene rings is 1. The standard InChI is InChI=1S/C14H15F3O2/c1-3-9(4-2)12(18)10-5-7-11(8-6-10)13(19)14(15,16)17/h5-9H,3-4H2,1-2H3. The fourth-order valence-corrected chi connectivity index (χ4v) is 1.84. The first-order valence-corrected chi connectivity index (χ1v) is 6.07. The van der Waals surface area contributed by atoms with E-state index in [-0.39, 0.29) is 11.7 Å². The summed E-state index contributed by atoms with van der Waals surface area (Å²) in [5, 5.41) is 0. The predicted molar refractivity (Wildman–Crippen MR) is 65.2 cm³/mol. The number of hydrogen-bond acceptors (Lipinski definition) is 2. The molecule has 2 nitrogen and oxygen atoms in total. The quantitative estimate of drug-likeness (QED) is 0.758. The molecule has 0 aliphatic carbocycles. The fourth-order valence-electron chi connectivity index (χ4n) is 1.84. The second-order valence-corrected chi connectivity index (χ2v) is 4.28. The van der Waals surface area contributed by atoms with Gasteiger partial charge in [0, 0.05) is 17.0 Å². The molecule has 1 aromatic carbocycles. The van der Waals surface area contributed by atoms with E-state index >= 15 is 0 Å². The van der Waals surface area contributed by atoms with Crippen LogP contribution in [0.2, 0.25) is 0 Å². The molecule has 0 saturated carbocycles. The van der Waals surface area contributed by atoms with Crippen LogP contribution in [-0.4, -0.2) is 17.7 Å². The number of carbonyl (C=O) groups excluding carboxylic acids is 2. The average molecular weight is 272 g/mol. The lowest BCUT2D eigenvalue weighted by Gasteiger charge is -2.11. The van der Waals surface area contributed by atoms with Crippen LogP contribution in [0, 0.1) is 5.92 Å². The highest BCUT2D eigenvalue weighted by molar-refractivity contribution is 6.02. The summed E-state index contributed by atoms with van der Waals surface area (Å²) in [6, 6.07) is 4.65. The van der Waals surface area contributed by atoms with E-state index < -0.39 is 17.5 Å².